The molecule has 0 amide bonds. The van der Waals surface area contributed by atoms with Crippen LogP contribution in [0.5, 0.6) is 5.75 Å². The van der Waals surface area contributed by atoms with Gasteiger partial charge in [0.2, 0.25) is 0 Å². The monoisotopic (exact) mass is 405 g/mol. The maximum Gasteiger partial charge on any atom is 0.271 e. The largest absolute Gasteiger partial charge is 0.506 e. The average Bonchev–Trinajstić information content (AvgIpc) is 2.93. The molecule has 0 spiro atoms. The molecule has 122 valence electrons. The molecule has 1 aliphatic rings. The summed E-state index contributed by atoms with van der Waals surface area (Å²) in [5.74, 6) is -0.121. The van der Waals surface area contributed by atoms with Crippen LogP contribution in [0.15, 0.2) is 21.6 Å². The summed E-state index contributed by atoms with van der Waals surface area (Å²) >= 11 is 4.58. The van der Waals surface area contributed by atoms with E-state index in [2.05, 4.69) is 27.0 Å². The number of non-ortho nitro benzene ring substituents is 1. The molecule has 0 saturated heterocycles. The van der Waals surface area contributed by atoms with E-state index in [0.29, 0.717) is 10.6 Å². The SMILES string of the molecule is N#Cc1c(N=Cc2cc([N+](=O)[O-])cc(Br)c2O)sc2c1CCCC2. The Bertz CT molecular complexity index is 899. The van der Waals surface area contributed by atoms with Gasteiger partial charge in [0.1, 0.15) is 16.8 Å². The zero-order chi connectivity index (χ0) is 17.3. The van der Waals surface area contributed by atoms with E-state index in [-0.39, 0.29) is 21.5 Å². The van der Waals surface area contributed by atoms with Crippen LogP contribution < -0.4 is 0 Å². The standard InChI is InChI=1S/C16H12BrN3O3S/c17-13-6-10(20(22)23)5-9(15(13)21)8-19-16-12(7-18)11-3-1-2-4-14(11)24-16/h5-6,8,21H,1-4H2. The molecular weight excluding hydrogens is 394 g/mol. The van der Waals surface area contributed by atoms with Crippen molar-refractivity contribution in [2.75, 3.05) is 0 Å². The summed E-state index contributed by atoms with van der Waals surface area (Å²) in [6, 6.07) is 4.70. The first-order valence-electron chi connectivity index (χ1n) is 7.27. The number of hydrogen-bond donors (Lipinski definition) is 1. The number of phenolic OH excluding ortho intramolecular Hbond substituents is 1. The van der Waals surface area contributed by atoms with Crippen molar-refractivity contribution in [3.63, 3.8) is 0 Å². The Hall–Kier alpha value is -2.24. The number of rotatable bonds is 3. The number of aromatic hydroxyl groups is 1. The fourth-order valence-electron chi connectivity index (χ4n) is 2.70. The molecule has 0 aliphatic heterocycles. The molecule has 1 aromatic carbocycles. The van der Waals surface area contributed by atoms with Crippen molar-refractivity contribution in [2.45, 2.75) is 25.7 Å². The van der Waals surface area contributed by atoms with Gasteiger partial charge >= 0.3 is 0 Å². The molecule has 0 unspecified atom stereocenters. The van der Waals surface area contributed by atoms with Crippen molar-refractivity contribution in [3.8, 4) is 11.8 Å². The van der Waals surface area contributed by atoms with Gasteiger partial charge in [-0.25, -0.2) is 4.99 Å². The smallest absolute Gasteiger partial charge is 0.271 e. The fourth-order valence-corrected chi connectivity index (χ4v) is 4.34. The number of nitriles is 1. The number of nitro groups is 1. The van der Waals surface area contributed by atoms with Crippen molar-refractivity contribution < 1.29 is 10.0 Å². The van der Waals surface area contributed by atoms with Crippen molar-refractivity contribution in [2.24, 2.45) is 4.99 Å². The molecule has 1 aliphatic carbocycles. The molecule has 0 atom stereocenters. The number of nitro benzene ring substituents is 1. The number of nitrogens with zero attached hydrogens (tertiary/aromatic N) is 3. The molecule has 0 bridgehead atoms. The molecule has 1 N–H and O–H groups in total. The van der Waals surface area contributed by atoms with Gasteiger partial charge in [0.25, 0.3) is 5.69 Å². The number of benzene rings is 1. The third-order valence-electron chi connectivity index (χ3n) is 3.87. The van der Waals surface area contributed by atoms with Crippen LogP contribution in [0.4, 0.5) is 10.7 Å². The highest BCUT2D eigenvalue weighted by Gasteiger charge is 2.20. The van der Waals surface area contributed by atoms with E-state index >= 15 is 0 Å². The van der Waals surface area contributed by atoms with Crippen molar-refractivity contribution in [1.82, 2.24) is 0 Å². The minimum atomic E-state index is -0.536. The fraction of sp³-hybridized carbons (Fsp3) is 0.250. The Morgan fingerprint density at radius 1 is 1.42 bits per heavy atom. The van der Waals surface area contributed by atoms with Gasteiger partial charge in [0.05, 0.1) is 15.0 Å². The second-order valence-electron chi connectivity index (χ2n) is 5.38. The third-order valence-corrected chi connectivity index (χ3v) is 5.68. The molecule has 6 nitrogen and oxygen atoms in total. The lowest BCUT2D eigenvalue weighted by Crippen LogP contribution is -1.99. The summed E-state index contributed by atoms with van der Waals surface area (Å²) in [6.45, 7) is 0. The Labute approximate surface area is 150 Å². The topological polar surface area (TPSA) is 99.5 Å². The normalized spacial score (nSPS) is 13.7. The van der Waals surface area contributed by atoms with E-state index < -0.39 is 4.92 Å². The number of phenols is 1. The summed E-state index contributed by atoms with van der Waals surface area (Å²) in [4.78, 5) is 15.9. The number of aryl methyl sites for hydroxylation is 1. The Kier molecular flexibility index (Phi) is 4.64. The Balaban J connectivity index is 2.02. The van der Waals surface area contributed by atoms with Crippen LogP contribution in [0.1, 0.15) is 34.4 Å². The van der Waals surface area contributed by atoms with E-state index in [4.69, 9.17) is 0 Å². The van der Waals surface area contributed by atoms with Gasteiger partial charge in [-0.05, 0) is 47.2 Å². The zero-order valence-corrected chi connectivity index (χ0v) is 14.9. The van der Waals surface area contributed by atoms with Crippen molar-refractivity contribution in [3.05, 3.63) is 48.3 Å². The van der Waals surface area contributed by atoms with Crippen LogP contribution in [0.3, 0.4) is 0 Å². The van der Waals surface area contributed by atoms with Gasteiger partial charge in [-0.15, -0.1) is 11.3 Å². The van der Waals surface area contributed by atoms with E-state index in [1.165, 1.54) is 34.6 Å². The van der Waals surface area contributed by atoms with Gasteiger partial charge in [0, 0.05) is 28.8 Å². The average molecular weight is 406 g/mol. The van der Waals surface area contributed by atoms with Crippen LogP contribution in [0, 0.1) is 21.4 Å². The first-order chi connectivity index (χ1) is 11.5. The number of thiophene rings is 1. The highest BCUT2D eigenvalue weighted by Crippen LogP contribution is 2.39. The number of hydrogen-bond acceptors (Lipinski definition) is 6. The minimum absolute atomic E-state index is 0.121. The van der Waals surface area contributed by atoms with E-state index in [1.807, 2.05) is 0 Å². The molecule has 0 saturated carbocycles. The van der Waals surface area contributed by atoms with Crippen LogP contribution >= 0.6 is 27.3 Å². The highest BCUT2D eigenvalue weighted by atomic mass is 79.9. The summed E-state index contributed by atoms with van der Waals surface area (Å²) in [5.41, 5.74) is 1.73. The van der Waals surface area contributed by atoms with Gasteiger partial charge in [-0.1, -0.05) is 0 Å². The van der Waals surface area contributed by atoms with Crippen LogP contribution in [0.25, 0.3) is 0 Å². The summed E-state index contributed by atoms with van der Waals surface area (Å²) < 4.78 is 0.226. The van der Waals surface area contributed by atoms with Gasteiger partial charge in [-0.3, -0.25) is 10.1 Å². The molecule has 0 radical (unpaired) electrons. The lowest BCUT2D eigenvalue weighted by Gasteiger charge is -2.09. The Morgan fingerprint density at radius 2 is 2.17 bits per heavy atom. The highest BCUT2D eigenvalue weighted by molar-refractivity contribution is 9.10. The van der Waals surface area contributed by atoms with Crippen molar-refractivity contribution >= 4 is 44.2 Å². The second-order valence-corrected chi connectivity index (χ2v) is 7.32. The number of fused-ring (bicyclic) bond motifs is 1. The van der Waals surface area contributed by atoms with Crippen LogP contribution in [-0.2, 0) is 12.8 Å². The lowest BCUT2D eigenvalue weighted by atomic mass is 9.96. The maximum atomic E-state index is 10.9. The summed E-state index contributed by atoms with van der Waals surface area (Å²) in [7, 11) is 0. The Morgan fingerprint density at radius 3 is 2.88 bits per heavy atom. The minimum Gasteiger partial charge on any atom is -0.506 e. The summed E-state index contributed by atoms with van der Waals surface area (Å²) in [5, 5.41) is 31.0. The van der Waals surface area contributed by atoms with Gasteiger partial charge in [0.15, 0.2) is 0 Å². The predicted octanol–water partition coefficient (Wildman–Crippen LogP) is 4.63. The number of aliphatic imine (C=N–C) groups is 1. The van der Waals surface area contributed by atoms with E-state index in [1.54, 1.807) is 0 Å². The lowest BCUT2D eigenvalue weighted by molar-refractivity contribution is -0.385. The molecule has 2 aromatic rings. The predicted molar refractivity (Wildman–Crippen MR) is 95.4 cm³/mol. The molecule has 24 heavy (non-hydrogen) atoms. The molecule has 0 fully saturated rings. The second kappa shape index (κ2) is 6.71. The van der Waals surface area contributed by atoms with Crippen molar-refractivity contribution in [1.29, 1.82) is 5.26 Å². The maximum absolute atomic E-state index is 10.9. The van der Waals surface area contributed by atoms with Crippen LogP contribution in [-0.4, -0.2) is 16.2 Å². The molecule has 3 rings (SSSR count). The zero-order valence-electron chi connectivity index (χ0n) is 12.5. The first-order valence-corrected chi connectivity index (χ1v) is 8.87. The first kappa shape index (κ1) is 16.6. The van der Waals surface area contributed by atoms with Gasteiger partial charge < -0.3 is 5.11 Å². The van der Waals surface area contributed by atoms with Gasteiger partial charge in [-0.2, -0.15) is 5.26 Å². The summed E-state index contributed by atoms with van der Waals surface area (Å²) in [6.07, 6.45) is 5.39. The van der Waals surface area contributed by atoms with E-state index in [9.17, 15) is 20.5 Å². The molecular formula is C16H12BrN3O3S. The molecule has 1 aromatic heterocycles. The van der Waals surface area contributed by atoms with Crippen LogP contribution in [0.2, 0.25) is 0 Å². The third kappa shape index (κ3) is 3.05. The number of halogens is 1. The molecule has 8 heteroatoms. The van der Waals surface area contributed by atoms with E-state index in [0.717, 1.165) is 31.2 Å². The molecule has 1 heterocycles. The quantitative estimate of drug-likeness (QED) is 0.457.